The van der Waals surface area contributed by atoms with Crippen LogP contribution in [0.15, 0.2) is 10.9 Å². The first kappa shape index (κ1) is 6.07. The minimum Gasteiger partial charge on any atom is -0.343 e. The molecule has 1 heterocycles. The molecule has 0 N–H and O–H groups in total. The minimum atomic E-state index is 0. The molecule has 4 heteroatoms. The zero-order valence-corrected chi connectivity index (χ0v) is 3.79. The highest BCUT2D eigenvalue weighted by Gasteiger charge is 1.79. The fraction of sp³-hybridized carbons (Fsp3) is 0.333. The van der Waals surface area contributed by atoms with E-state index in [9.17, 15) is 0 Å². The number of aromatic nitrogens is 2. The molecule has 1 rings (SSSR count). The maximum atomic E-state index is 4.35. The molecule has 0 saturated heterocycles. The minimum absolute atomic E-state index is 0. The first-order valence-electron chi connectivity index (χ1n) is 1.62. The van der Waals surface area contributed by atoms with Crippen molar-refractivity contribution in [3.8, 4) is 0 Å². The average molecular weight is 104 g/mol. The van der Waals surface area contributed by atoms with Crippen LogP contribution < -0.4 is 0 Å². The first-order chi connectivity index (χ1) is 2.89. The second-order valence-corrected chi connectivity index (χ2v) is 0.978. The van der Waals surface area contributed by atoms with Gasteiger partial charge >= 0.3 is 0 Å². The lowest BCUT2D eigenvalue weighted by molar-refractivity contribution is 0.412. The number of hydrogen-bond acceptors (Lipinski definition) is 3. The van der Waals surface area contributed by atoms with E-state index in [1.165, 1.54) is 6.39 Å². The highest BCUT2D eigenvalue weighted by molar-refractivity contribution is 4.67. The standard InChI is InChI=1S/C3H4N2O.FH/c1-3-4-2-6-5-3;/h2H,1H3;1H. The Morgan fingerprint density at radius 2 is 2.43 bits per heavy atom. The van der Waals surface area contributed by atoms with Gasteiger partial charge in [0.2, 0.25) is 6.39 Å². The number of aryl methyl sites for hydroxylation is 1. The monoisotopic (exact) mass is 104 g/mol. The molecule has 0 bridgehead atoms. The summed E-state index contributed by atoms with van der Waals surface area (Å²) in [5.41, 5.74) is 0. The van der Waals surface area contributed by atoms with Gasteiger partial charge in [-0.3, -0.25) is 4.70 Å². The molecule has 3 nitrogen and oxygen atoms in total. The zero-order chi connectivity index (χ0) is 4.41. The van der Waals surface area contributed by atoms with Gasteiger partial charge in [0.15, 0.2) is 5.82 Å². The second kappa shape index (κ2) is 2.28. The first-order valence-corrected chi connectivity index (χ1v) is 1.62. The third kappa shape index (κ3) is 1.30. The summed E-state index contributed by atoms with van der Waals surface area (Å²) in [4.78, 5) is 3.64. The van der Waals surface area contributed by atoms with E-state index in [2.05, 4.69) is 14.7 Å². The van der Waals surface area contributed by atoms with Gasteiger partial charge in [-0.2, -0.15) is 4.98 Å². The van der Waals surface area contributed by atoms with Crippen LogP contribution in [0.5, 0.6) is 0 Å². The molecule has 1 aromatic heterocycles. The Balaban J connectivity index is 0.000000360. The molecule has 0 aliphatic carbocycles. The van der Waals surface area contributed by atoms with Crippen LogP contribution in [0.25, 0.3) is 0 Å². The molecule has 0 fully saturated rings. The van der Waals surface area contributed by atoms with Crippen molar-refractivity contribution in [3.05, 3.63) is 12.2 Å². The van der Waals surface area contributed by atoms with Crippen molar-refractivity contribution < 1.29 is 9.23 Å². The van der Waals surface area contributed by atoms with Crippen molar-refractivity contribution in [3.63, 3.8) is 0 Å². The van der Waals surface area contributed by atoms with Gasteiger partial charge in [-0.1, -0.05) is 5.16 Å². The summed E-state index contributed by atoms with van der Waals surface area (Å²) in [6, 6.07) is 0. The highest BCUT2D eigenvalue weighted by atomic mass is 19.0. The predicted molar refractivity (Wildman–Crippen MR) is 21.5 cm³/mol. The van der Waals surface area contributed by atoms with Crippen LogP contribution in [-0.4, -0.2) is 10.1 Å². The molecule has 0 aliphatic rings. The normalized spacial score (nSPS) is 7.57. The van der Waals surface area contributed by atoms with Crippen LogP contribution in [0.1, 0.15) is 5.82 Å². The Hall–Kier alpha value is -0.930. The fourth-order valence-electron chi connectivity index (χ4n) is 0.223. The summed E-state index contributed by atoms with van der Waals surface area (Å²) in [6.45, 7) is 1.77. The van der Waals surface area contributed by atoms with Crippen molar-refractivity contribution in [1.82, 2.24) is 10.1 Å². The lowest BCUT2D eigenvalue weighted by Gasteiger charge is -1.60. The zero-order valence-electron chi connectivity index (χ0n) is 3.79. The lowest BCUT2D eigenvalue weighted by atomic mass is 10.8. The number of nitrogens with zero attached hydrogens (tertiary/aromatic N) is 2. The average Bonchev–Trinajstić information content (AvgIpc) is 1.86. The van der Waals surface area contributed by atoms with Crippen LogP contribution in [-0.2, 0) is 0 Å². The summed E-state index contributed by atoms with van der Waals surface area (Å²) in [6.07, 6.45) is 1.30. The SMILES string of the molecule is Cc1ncon1.F. The molecule has 0 aromatic carbocycles. The summed E-state index contributed by atoms with van der Waals surface area (Å²) in [7, 11) is 0. The van der Waals surface area contributed by atoms with Crippen molar-refractivity contribution in [1.29, 1.82) is 0 Å². The Kier molecular flexibility index (Phi) is 1.98. The van der Waals surface area contributed by atoms with Crippen LogP contribution in [0.2, 0.25) is 0 Å². The van der Waals surface area contributed by atoms with Gasteiger partial charge in [-0.15, -0.1) is 0 Å². The van der Waals surface area contributed by atoms with Gasteiger partial charge in [-0.25, -0.2) is 0 Å². The van der Waals surface area contributed by atoms with Gasteiger partial charge in [0.1, 0.15) is 0 Å². The largest absolute Gasteiger partial charge is 0.343 e. The molecule has 1 aromatic rings. The summed E-state index contributed by atoms with van der Waals surface area (Å²) in [5.74, 6) is 0.676. The number of halogens is 1. The summed E-state index contributed by atoms with van der Waals surface area (Å²) < 4.78 is 4.35. The molecule has 0 unspecified atom stereocenters. The van der Waals surface area contributed by atoms with Crippen LogP contribution in [0.3, 0.4) is 0 Å². The molecule has 0 atom stereocenters. The Labute approximate surface area is 39.7 Å². The van der Waals surface area contributed by atoms with Gasteiger partial charge < -0.3 is 4.52 Å². The van der Waals surface area contributed by atoms with E-state index in [1.54, 1.807) is 6.92 Å². The smallest absolute Gasteiger partial charge is 0.213 e. The van der Waals surface area contributed by atoms with E-state index in [1.807, 2.05) is 0 Å². The quantitative estimate of drug-likeness (QED) is 0.482. The van der Waals surface area contributed by atoms with Crippen LogP contribution in [0, 0.1) is 6.92 Å². The van der Waals surface area contributed by atoms with E-state index in [0.29, 0.717) is 5.82 Å². The Bertz CT molecular complexity index is 116. The van der Waals surface area contributed by atoms with Gasteiger partial charge in [-0.05, 0) is 6.92 Å². The molecule has 0 saturated carbocycles. The van der Waals surface area contributed by atoms with E-state index in [-0.39, 0.29) is 4.70 Å². The lowest BCUT2D eigenvalue weighted by Crippen LogP contribution is -1.66. The van der Waals surface area contributed by atoms with Gasteiger partial charge in [0.25, 0.3) is 0 Å². The van der Waals surface area contributed by atoms with E-state index < -0.39 is 0 Å². The van der Waals surface area contributed by atoms with E-state index in [4.69, 9.17) is 0 Å². The molecule has 40 valence electrons. The van der Waals surface area contributed by atoms with Gasteiger partial charge in [0, 0.05) is 0 Å². The molecule has 0 amide bonds. The Morgan fingerprint density at radius 1 is 1.71 bits per heavy atom. The summed E-state index contributed by atoms with van der Waals surface area (Å²) in [5, 5.41) is 3.43. The van der Waals surface area contributed by atoms with Crippen molar-refractivity contribution >= 4 is 0 Å². The molecular weight excluding hydrogens is 99.0 g/mol. The molecule has 0 radical (unpaired) electrons. The Morgan fingerprint density at radius 3 is 2.57 bits per heavy atom. The van der Waals surface area contributed by atoms with Crippen molar-refractivity contribution in [2.24, 2.45) is 0 Å². The number of hydrogen-bond donors (Lipinski definition) is 0. The van der Waals surface area contributed by atoms with Gasteiger partial charge in [0.05, 0.1) is 0 Å². The highest BCUT2D eigenvalue weighted by Crippen LogP contribution is 1.78. The third-order valence-corrected chi connectivity index (χ3v) is 0.471. The predicted octanol–water partition coefficient (Wildman–Crippen LogP) is 0.531. The van der Waals surface area contributed by atoms with Crippen molar-refractivity contribution in [2.45, 2.75) is 6.92 Å². The fourth-order valence-corrected chi connectivity index (χ4v) is 0.223. The third-order valence-electron chi connectivity index (χ3n) is 0.471. The molecule has 0 spiro atoms. The molecule has 0 aliphatic heterocycles. The maximum Gasteiger partial charge on any atom is 0.213 e. The molecular formula is C3H5FN2O. The van der Waals surface area contributed by atoms with E-state index in [0.717, 1.165) is 0 Å². The topological polar surface area (TPSA) is 38.9 Å². The summed E-state index contributed by atoms with van der Waals surface area (Å²) >= 11 is 0. The molecule has 7 heavy (non-hydrogen) atoms. The van der Waals surface area contributed by atoms with Crippen LogP contribution in [0.4, 0.5) is 4.70 Å². The number of rotatable bonds is 0. The second-order valence-electron chi connectivity index (χ2n) is 0.978. The maximum absolute atomic E-state index is 4.35. The van der Waals surface area contributed by atoms with Crippen LogP contribution >= 0.6 is 0 Å². The van der Waals surface area contributed by atoms with Crippen molar-refractivity contribution in [2.75, 3.05) is 0 Å². The van der Waals surface area contributed by atoms with E-state index >= 15 is 0 Å².